The fraction of sp³-hybridized carbons (Fsp3) is 0.0769. The first-order valence-electron chi connectivity index (χ1n) is 5.85. The van der Waals surface area contributed by atoms with Crippen LogP contribution in [0.1, 0.15) is 20.8 Å². The summed E-state index contributed by atoms with van der Waals surface area (Å²) in [4.78, 5) is 26.9. The first-order valence-corrected chi connectivity index (χ1v) is 8.20. The number of amides is 2. The van der Waals surface area contributed by atoms with Crippen molar-refractivity contribution >= 4 is 38.5 Å². The van der Waals surface area contributed by atoms with Crippen LogP contribution in [-0.2, 0) is 10.8 Å². The Balaban J connectivity index is 1.95. The summed E-state index contributed by atoms with van der Waals surface area (Å²) in [5, 5.41) is 0. The molecule has 0 aliphatic heterocycles. The highest BCUT2D eigenvalue weighted by Gasteiger charge is 2.10. The van der Waals surface area contributed by atoms with Crippen molar-refractivity contribution < 1.29 is 13.8 Å². The van der Waals surface area contributed by atoms with Crippen molar-refractivity contribution in [1.29, 1.82) is 0 Å². The van der Waals surface area contributed by atoms with Gasteiger partial charge in [-0.3, -0.25) is 24.6 Å². The van der Waals surface area contributed by atoms with Crippen LogP contribution in [0.5, 0.6) is 0 Å². The highest BCUT2D eigenvalue weighted by molar-refractivity contribution is 9.10. The standard InChI is InChI=1S/C13H12BrN3O3S/c1-21(20)10-4-2-8(3-5-10)12(18)16-17-13(19)11-6-9(14)7-15-11/h2-7,15H,1H3,(H,16,18)(H,17,19). The summed E-state index contributed by atoms with van der Waals surface area (Å²) in [5.41, 5.74) is 5.28. The van der Waals surface area contributed by atoms with Gasteiger partial charge in [0.05, 0.1) is 0 Å². The van der Waals surface area contributed by atoms with Crippen molar-refractivity contribution in [3.05, 3.63) is 52.3 Å². The maximum atomic E-state index is 11.8. The number of hydrazine groups is 1. The van der Waals surface area contributed by atoms with Crippen LogP contribution in [-0.4, -0.2) is 27.3 Å². The molecule has 1 unspecified atom stereocenters. The Morgan fingerprint density at radius 1 is 1.14 bits per heavy atom. The topological polar surface area (TPSA) is 91.1 Å². The van der Waals surface area contributed by atoms with Gasteiger partial charge in [-0.2, -0.15) is 0 Å². The molecule has 0 aliphatic carbocycles. The van der Waals surface area contributed by atoms with Crippen LogP contribution in [0.15, 0.2) is 45.9 Å². The molecule has 1 aromatic heterocycles. The molecule has 0 radical (unpaired) electrons. The molecule has 2 aromatic rings. The van der Waals surface area contributed by atoms with Crippen molar-refractivity contribution in [1.82, 2.24) is 15.8 Å². The summed E-state index contributed by atoms with van der Waals surface area (Å²) >= 11 is 3.21. The molecule has 0 spiro atoms. The zero-order valence-corrected chi connectivity index (χ0v) is 13.4. The minimum atomic E-state index is -1.09. The Bertz CT molecular complexity index is 697. The summed E-state index contributed by atoms with van der Waals surface area (Å²) in [7, 11) is -1.09. The zero-order valence-electron chi connectivity index (χ0n) is 11.0. The van der Waals surface area contributed by atoms with E-state index in [1.54, 1.807) is 42.8 Å². The number of aromatic amines is 1. The normalized spacial score (nSPS) is 11.7. The van der Waals surface area contributed by atoms with Gasteiger partial charge < -0.3 is 4.98 Å². The van der Waals surface area contributed by atoms with E-state index in [2.05, 4.69) is 31.8 Å². The van der Waals surface area contributed by atoms with Gasteiger partial charge in [-0.1, -0.05) is 0 Å². The molecule has 1 heterocycles. The molecule has 0 saturated heterocycles. The number of hydrogen-bond donors (Lipinski definition) is 3. The summed E-state index contributed by atoms with van der Waals surface area (Å²) in [5.74, 6) is -0.914. The summed E-state index contributed by atoms with van der Waals surface area (Å²) in [6.45, 7) is 0. The van der Waals surface area contributed by atoms with Crippen LogP contribution in [0.2, 0.25) is 0 Å². The summed E-state index contributed by atoms with van der Waals surface area (Å²) in [6, 6.07) is 7.89. The van der Waals surface area contributed by atoms with Crippen LogP contribution in [0, 0.1) is 0 Å². The first kappa shape index (κ1) is 15.5. The van der Waals surface area contributed by atoms with Gasteiger partial charge in [-0.25, -0.2) is 0 Å². The van der Waals surface area contributed by atoms with Gasteiger partial charge in [-0.15, -0.1) is 0 Å². The molecule has 21 heavy (non-hydrogen) atoms. The van der Waals surface area contributed by atoms with Crippen molar-refractivity contribution in [2.45, 2.75) is 4.90 Å². The van der Waals surface area contributed by atoms with E-state index in [4.69, 9.17) is 0 Å². The van der Waals surface area contributed by atoms with Gasteiger partial charge in [0.25, 0.3) is 11.8 Å². The molecule has 0 bridgehead atoms. The zero-order chi connectivity index (χ0) is 15.4. The third-order valence-corrected chi connectivity index (χ3v) is 4.02. The maximum Gasteiger partial charge on any atom is 0.286 e. The van der Waals surface area contributed by atoms with E-state index < -0.39 is 22.6 Å². The fourth-order valence-corrected chi connectivity index (χ4v) is 2.41. The van der Waals surface area contributed by atoms with E-state index in [1.807, 2.05) is 0 Å². The number of benzene rings is 1. The van der Waals surface area contributed by atoms with Crippen LogP contribution < -0.4 is 10.9 Å². The average Bonchev–Trinajstić information content (AvgIpc) is 2.91. The van der Waals surface area contributed by atoms with Crippen LogP contribution in [0.4, 0.5) is 0 Å². The van der Waals surface area contributed by atoms with E-state index in [9.17, 15) is 13.8 Å². The van der Waals surface area contributed by atoms with Gasteiger partial charge in [0, 0.05) is 38.2 Å². The number of carbonyl (C=O) groups excluding carboxylic acids is 2. The fourth-order valence-electron chi connectivity index (χ4n) is 1.55. The van der Waals surface area contributed by atoms with Crippen LogP contribution >= 0.6 is 15.9 Å². The molecule has 0 aliphatic rings. The van der Waals surface area contributed by atoms with Crippen LogP contribution in [0.25, 0.3) is 0 Å². The molecule has 2 rings (SSSR count). The monoisotopic (exact) mass is 369 g/mol. The molecule has 8 heteroatoms. The highest BCUT2D eigenvalue weighted by Crippen LogP contribution is 2.10. The van der Waals surface area contributed by atoms with Gasteiger partial charge in [-0.05, 0) is 46.3 Å². The van der Waals surface area contributed by atoms with E-state index in [0.29, 0.717) is 16.2 Å². The van der Waals surface area contributed by atoms with Gasteiger partial charge in [0.15, 0.2) is 0 Å². The third kappa shape index (κ3) is 4.02. The molecule has 2 amide bonds. The number of rotatable bonds is 3. The molecule has 3 N–H and O–H groups in total. The molecule has 6 nitrogen and oxygen atoms in total. The summed E-state index contributed by atoms with van der Waals surface area (Å²) in [6.07, 6.45) is 3.17. The van der Waals surface area contributed by atoms with E-state index in [0.717, 1.165) is 4.47 Å². The molecular formula is C13H12BrN3O3S. The lowest BCUT2D eigenvalue weighted by atomic mass is 10.2. The second-order valence-electron chi connectivity index (χ2n) is 4.12. The summed E-state index contributed by atoms with van der Waals surface area (Å²) < 4.78 is 12.0. The number of carbonyl (C=O) groups is 2. The Kier molecular flexibility index (Phi) is 4.92. The molecule has 1 aromatic carbocycles. The Morgan fingerprint density at radius 2 is 1.76 bits per heavy atom. The van der Waals surface area contributed by atoms with E-state index in [1.165, 1.54) is 0 Å². The first-order chi connectivity index (χ1) is 9.97. The number of nitrogens with one attached hydrogen (secondary N) is 3. The predicted octanol–water partition coefficient (Wildman–Crippen LogP) is 1.59. The highest BCUT2D eigenvalue weighted by atomic mass is 79.9. The number of aromatic nitrogens is 1. The van der Waals surface area contributed by atoms with Gasteiger partial charge >= 0.3 is 0 Å². The lowest BCUT2D eigenvalue weighted by Crippen LogP contribution is -2.41. The largest absolute Gasteiger partial charge is 0.356 e. The number of H-pyrrole nitrogens is 1. The van der Waals surface area contributed by atoms with Crippen molar-refractivity contribution in [2.24, 2.45) is 0 Å². The quantitative estimate of drug-likeness (QED) is 0.717. The molecular weight excluding hydrogens is 358 g/mol. The van der Waals surface area contributed by atoms with Crippen molar-refractivity contribution in [3.8, 4) is 0 Å². The van der Waals surface area contributed by atoms with Gasteiger partial charge in [0.1, 0.15) is 5.69 Å². The third-order valence-electron chi connectivity index (χ3n) is 2.63. The average molecular weight is 370 g/mol. The Hall–Kier alpha value is -1.93. The van der Waals surface area contributed by atoms with Crippen LogP contribution in [0.3, 0.4) is 0 Å². The minimum Gasteiger partial charge on any atom is -0.356 e. The predicted molar refractivity (Wildman–Crippen MR) is 82.2 cm³/mol. The lowest BCUT2D eigenvalue weighted by Gasteiger charge is -2.06. The maximum absolute atomic E-state index is 11.8. The van der Waals surface area contributed by atoms with Gasteiger partial charge in [0.2, 0.25) is 0 Å². The van der Waals surface area contributed by atoms with E-state index in [-0.39, 0.29) is 0 Å². The molecule has 110 valence electrons. The Morgan fingerprint density at radius 3 is 2.29 bits per heavy atom. The minimum absolute atomic E-state index is 0.318. The Labute approximate surface area is 131 Å². The number of halogens is 1. The second-order valence-corrected chi connectivity index (χ2v) is 6.41. The van der Waals surface area contributed by atoms with Crippen molar-refractivity contribution in [3.63, 3.8) is 0 Å². The van der Waals surface area contributed by atoms with Crippen molar-refractivity contribution in [2.75, 3.05) is 6.26 Å². The molecule has 1 atom stereocenters. The molecule has 0 fully saturated rings. The lowest BCUT2D eigenvalue weighted by molar-refractivity contribution is 0.0844. The van der Waals surface area contributed by atoms with E-state index >= 15 is 0 Å². The second kappa shape index (κ2) is 6.68. The molecule has 0 saturated carbocycles. The number of hydrogen-bond acceptors (Lipinski definition) is 3. The SMILES string of the molecule is CS(=O)c1ccc(C(=O)NNC(=O)c2cc(Br)c[nH]2)cc1. The smallest absolute Gasteiger partial charge is 0.286 e.